The van der Waals surface area contributed by atoms with Crippen LogP contribution in [0.5, 0.6) is 5.88 Å². The molecule has 3 rings (SSSR count). The first-order chi connectivity index (χ1) is 11.1. The number of amides is 2. The summed E-state index contributed by atoms with van der Waals surface area (Å²) < 4.78 is 5.51. The molecule has 0 saturated carbocycles. The van der Waals surface area contributed by atoms with Crippen molar-refractivity contribution in [3.63, 3.8) is 0 Å². The van der Waals surface area contributed by atoms with Gasteiger partial charge >= 0.3 is 6.03 Å². The SMILES string of the molecule is CC(C)Oc1ccc(CNC(=O)N2CCc3ccccc32)cn1. The van der Waals surface area contributed by atoms with Crippen LogP contribution < -0.4 is 15.0 Å². The highest BCUT2D eigenvalue weighted by Gasteiger charge is 2.23. The number of hydrogen-bond donors (Lipinski definition) is 1. The van der Waals surface area contributed by atoms with Crippen LogP contribution in [-0.4, -0.2) is 23.7 Å². The lowest BCUT2D eigenvalue weighted by Gasteiger charge is -2.18. The van der Waals surface area contributed by atoms with Gasteiger partial charge in [0, 0.05) is 31.0 Å². The molecule has 0 saturated heterocycles. The van der Waals surface area contributed by atoms with Gasteiger partial charge in [0.15, 0.2) is 0 Å². The van der Waals surface area contributed by atoms with Crippen molar-refractivity contribution in [3.05, 3.63) is 53.7 Å². The van der Waals surface area contributed by atoms with Crippen LogP contribution >= 0.6 is 0 Å². The van der Waals surface area contributed by atoms with Gasteiger partial charge in [-0.2, -0.15) is 0 Å². The minimum absolute atomic E-state index is 0.0718. The van der Waals surface area contributed by atoms with Crippen LogP contribution in [0.25, 0.3) is 0 Å². The zero-order valence-electron chi connectivity index (χ0n) is 13.5. The fourth-order valence-electron chi connectivity index (χ4n) is 2.65. The van der Waals surface area contributed by atoms with E-state index >= 15 is 0 Å². The summed E-state index contributed by atoms with van der Waals surface area (Å²) in [7, 11) is 0. The second-order valence-electron chi connectivity index (χ2n) is 5.86. The van der Waals surface area contributed by atoms with E-state index in [-0.39, 0.29) is 12.1 Å². The summed E-state index contributed by atoms with van der Waals surface area (Å²) in [6, 6.07) is 11.7. The lowest BCUT2D eigenvalue weighted by molar-refractivity contribution is 0.232. The number of pyridine rings is 1. The predicted octanol–water partition coefficient (Wildman–Crippen LogP) is 3.14. The number of urea groups is 1. The van der Waals surface area contributed by atoms with E-state index in [1.54, 1.807) is 11.1 Å². The summed E-state index contributed by atoms with van der Waals surface area (Å²) in [5.74, 6) is 0.601. The number of hydrogen-bond acceptors (Lipinski definition) is 3. The van der Waals surface area contributed by atoms with Crippen LogP contribution in [0.2, 0.25) is 0 Å². The summed E-state index contributed by atoms with van der Waals surface area (Å²) in [6.45, 7) is 5.10. The molecule has 0 fully saturated rings. The predicted molar refractivity (Wildman–Crippen MR) is 89.7 cm³/mol. The Bertz CT molecular complexity index is 683. The monoisotopic (exact) mass is 311 g/mol. The maximum atomic E-state index is 12.4. The van der Waals surface area contributed by atoms with Crippen LogP contribution in [-0.2, 0) is 13.0 Å². The molecule has 0 radical (unpaired) electrons. The molecule has 1 N–H and O–H groups in total. The third-order valence-electron chi connectivity index (χ3n) is 3.73. The van der Waals surface area contributed by atoms with Gasteiger partial charge in [0.1, 0.15) is 0 Å². The molecule has 5 heteroatoms. The van der Waals surface area contributed by atoms with Crippen LogP contribution in [0.1, 0.15) is 25.0 Å². The molecular weight excluding hydrogens is 290 g/mol. The molecule has 1 aromatic heterocycles. The molecule has 0 atom stereocenters. The smallest absolute Gasteiger partial charge is 0.322 e. The van der Waals surface area contributed by atoms with Crippen molar-refractivity contribution >= 4 is 11.7 Å². The first-order valence-electron chi connectivity index (χ1n) is 7.88. The number of nitrogens with one attached hydrogen (secondary N) is 1. The summed E-state index contributed by atoms with van der Waals surface area (Å²) in [4.78, 5) is 18.4. The Balaban J connectivity index is 1.57. The first kappa shape index (κ1) is 15.3. The topological polar surface area (TPSA) is 54.5 Å². The zero-order chi connectivity index (χ0) is 16.2. The third-order valence-corrected chi connectivity index (χ3v) is 3.73. The van der Waals surface area contributed by atoms with Crippen molar-refractivity contribution in [2.75, 3.05) is 11.4 Å². The van der Waals surface area contributed by atoms with E-state index in [2.05, 4.69) is 16.4 Å². The molecule has 0 aliphatic carbocycles. The molecular formula is C18H21N3O2. The molecule has 2 amide bonds. The maximum absolute atomic E-state index is 12.4. The minimum Gasteiger partial charge on any atom is -0.475 e. The average Bonchev–Trinajstić information content (AvgIpc) is 2.97. The largest absolute Gasteiger partial charge is 0.475 e. The number of benzene rings is 1. The molecule has 120 valence electrons. The lowest BCUT2D eigenvalue weighted by Crippen LogP contribution is -2.38. The maximum Gasteiger partial charge on any atom is 0.322 e. The van der Waals surface area contributed by atoms with E-state index in [1.165, 1.54) is 5.56 Å². The number of rotatable bonds is 4. The molecule has 1 aliphatic heterocycles. The molecule has 1 aliphatic rings. The Hall–Kier alpha value is -2.56. The number of nitrogens with zero attached hydrogens (tertiary/aromatic N) is 2. The van der Waals surface area contributed by atoms with E-state index in [4.69, 9.17) is 4.74 Å². The van der Waals surface area contributed by atoms with Gasteiger partial charge in [-0.15, -0.1) is 0 Å². The Kier molecular flexibility index (Phi) is 4.46. The summed E-state index contributed by atoms with van der Waals surface area (Å²) in [5.41, 5.74) is 3.17. The summed E-state index contributed by atoms with van der Waals surface area (Å²) >= 11 is 0. The third kappa shape index (κ3) is 3.62. The minimum atomic E-state index is -0.0718. The van der Waals surface area contributed by atoms with Crippen molar-refractivity contribution in [2.24, 2.45) is 0 Å². The fraction of sp³-hybridized carbons (Fsp3) is 0.333. The van der Waals surface area contributed by atoms with E-state index in [9.17, 15) is 4.79 Å². The van der Waals surface area contributed by atoms with Crippen LogP contribution in [0.15, 0.2) is 42.6 Å². The Morgan fingerprint density at radius 1 is 1.30 bits per heavy atom. The fourth-order valence-corrected chi connectivity index (χ4v) is 2.65. The Labute approximate surface area is 136 Å². The Morgan fingerprint density at radius 2 is 2.13 bits per heavy atom. The summed E-state index contributed by atoms with van der Waals surface area (Å²) in [6.07, 6.45) is 2.74. The highest BCUT2D eigenvalue weighted by molar-refractivity contribution is 5.94. The standard InChI is InChI=1S/C18H21N3O2/c1-13(2)23-17-8-7-14(11-19-17)12-20-18(22)21-10-9-15-5-3-4-6-16(15)21/h3-8,11,13H,9-10,12H2,1-2H3,(H,20,22). The zero-order valence-corrected chi connectivity index (χ0v) is 13.5. The lowest BCUT2D eigenvalue weighted by atomic mass is 10.2. The van der Waals surface area contributed by atoms with Crippen LogP contribution in [0, 0.1) is 0 Å². The van der Waals surface area contributed by atoms with Gasteiger partial charge in [0.05, 0.1) is 6.10 Å². The van der Waals surface area contributed by atoms with Crippen LogP contribution in [0.3, 0.4) is 0 Å². The van der Waals surface area contributed by atoms with Crippen molar-refractivity contribution in [1.82, 2.24) is 10.3 Å². The van der Waals surface area contributed by atoms with Gasteiger partial charge < -0.3 is 10.1 Å². The molecule has 0 bridgehead atoms. The second kappa shape index (κ2) is 6.69. The molecule has 0 spiro atoms. The molecule has 0 unspecified atom stereocenters. The van der Waals surface area contributed by atoms with Gasteiger partial charge in [-0.1, -0.05) is 24.3 Å². The molecule has 2 aromatic rings. The van der Waals surface area contributed by atoms with Gasteiger partial charge in [-0.25, -0.2) is 9.78 Å². The van der Waals surface area contributed by atoms with Gasteiger partial charge in [0.25, 0.3) is 0 Å². The highest BCUT2D eigenvalue weighted by Crippen LogP contribution is 2.27. The highest BCUT2D eigenvalue weighted by atomic mass is 16.5. The average molecular weight is 311 g/mol. The molecule has 2 heterocycles. The van der Waals surface area contributed by atoms with Crippen molar-refractivity contribution in [2.45, 2.75) is 32.9 Å². The van der Waals surface area contributed by atoms with E-state index in [0.29, 0.717) is 12.4 Å². The normalized spacial score (nSPS) is 13.1. The van der Waals surface area contributed by atoms with E-state index in [1.807, 2.05) is 44.2 Å². The first-order valence-corrected chi connectivity index (χ1v) is 7.88. The molecule has 23 heavy (non-hydrogen) atoms. The second-order valence-corrected chi connectivity index (χ2v) is 5.86. The number of para-hydroxylation sites is 1. The van der Waals surface area contributed by atoms with Gasteiger partial charge in [-0.3, -0.25) is 4.90 Å². The van der Waals surface area contributed by atoms with Gasteiger partial charge in [0.2, 0.25) is 5.88 Å². The van der Waals surface area contributed by atoms with Crippen molar-refractivity contribution in [1.29, 1.82) is 0 Å². The Morgan fingerprint density at radius 3 is 2.87 bits per heavy atom. The van der Waals surface area contributed by atoms with Crippen molar-refractivity contribution < 1.29 is 9.53 Å². The van der Waals surface area contributed by atoms with E-state index in [0.717, 1.165) is 24.2 Å². The van der Waals surface area contributed by atoms with Crippen molar-refractivity contribution in [3.8, 4) is 5.88 Å². The number of carbonyl (C=O) groups is 1. The number of carbonyl (C=O) groups excluding carboxylic acids is 1. The number of fused-ring (bicyclic) bond motifs is 1. The summed E-state index contributed by atoms with van der Waals surface area (Å²) in [5, 5.41) is 2.95. The number of aromatic nitrogens is 1. The quantitative estimate of drug-likeness (QED) is 0.944. The number of ether oxygens (including phenoxy) is 1. The van der Waals surface area contributed by atoms with Crippen LogP contribution in [0.4, 0.5) is 10.5 Å². The molecule has 5 nitrogen and oxygen atoms in total. The number of anilines is 1. The van der Waals surface area contributed by atoms with E-state index < -0.39 is 0 Å². The molecule has 1 aromatic carbocycles. The van der Waals surface area contributed by atoms with Gasteiger partial charge in [-0.05, 0) is 37.5 Å².